The number of carbonyl (C=O) groups is 3. The molecule has 2 rings (SSSR count). The summed E-state index contributed by atoms with van der Waals surface area (Å²) < 4.78 is 5.01. The summed E-state index contributed by atoms with van der Waals surface area (Å²) in [6.07, 6.45) is 0. The van der Waals surface area contributed by atoms with Gasteiger partial charge in [-0.05, 0) is 31.5 Å². The van der Waals surface area contributed by atoms with Gasteiger partial charge in [-0.25, -0.2) is 4.79 Å². The highest BCUT2D eigenvalue weighted by Crippen LogP contribution is 2.21. The van der Waals surface area contributed by atoms with Crippen molar-refractivity contribution in [1.29, 1.82) is 0 Å². The number of rotatable bonds is 7. The summed E-state index contributed by atoms with van der Waals surface area (Å²) in [5, 5.41) is 2.71. The summed E-state index contributed by atoms with van der Waals surface area (Å²) in [6.45, 7) is 5.14. The Bertz CT molecular complexity index is 805. The van der Waals surface area contributed by atoms with Gasteiger partial charge in [0.1, 0.15) is 6.54 Å². The number of anilines is 1. The van der Waals surface area contributed by atoms with E-state index in [1.165, 1.54) is 11.8 Å². The summed E-state index contributed by atoms with van der Waals surface area (Å²) in [5.41, 5.74) is 1.57. The number of esters is 1. The first kappa shape index (κ1) is 20.2. The van der Waals surface area contributed by atoms with Gasteiger partial charge in [0.15, 0.2) is 0 Å². The SMILES string of the molecule is CCOC(=O)c1ccccc1NC(=O)CN(C(C)=O)C(C)c1ccccc1. The molecule has 6 heteroatoms. The van der Waals surface area contributed by atoms with Crippen LogP contribution >= 0.6 is 0 Å². The molecule has 1 atom stereocenters. The summed E-state index contributed by atoms with van der Waals surface area (Å²) in [5.74, 6) is -1.10. The fourth-order valence-electron chi connectivity index (χ4n) is 2.76. The molecule has 2 aromatic rings. The summed E-state index contributed by atoms with van der Waals surface area (Å²) in [4.78, 5) is 38.1. The van der Waals surface area contributed by atoms with E-state index in [0.29, 0.717) is 5.69 Å². The molecule has 2 amide bonds. The summed E-state index contributed by atoms with van der Waals surface area (Å²) in [7, 11) is 0. The van der Waals surface area contributed by atoms with E-state index in [1.54, 1.807) is 31.2 Å². The zero-order valence-corrected chi connectivity index (χ0v) is 15.8. The molecule has 0 heterocycles. The van der Waals surface area contributed by atoms with Crippen molar-refractivity contribution in [2.45, 2.75) is 26.8 Å². The van der Waals surface area contributed by atoms with Crippen molar-refractivity contribution < 1.29 is 19.1 Å². The Hall–Kier alpha value is -3.15. The molecule has 1 N–H and O–H groups in total. The zero-order valence-electron chi connectivity index (χ0n) is 15.8. The topological polar surface area (TPSA) is 75.7 Å². The van der Waals surface area contributed by atoms with Crippen LogP contribution in [-0.2, 0) is 14.3 Å². The molecule has 0 aliphatic carbocycles. The van der Waals surface area contributed by atoms with Gasteiger partial charge in [-0.3, -0.25) is 9.59 Å². The first-order valence-electron chi connectivity index (χ1n) is 8.82. The van der Waals surface area contributed by atoms with Crippen molar-refractivity contribution in [1.82, 2.24) is 4.90 Å². The van der Waals surface area contributed by atoms with Crippen LogP contribution in [0.15, 0.2) is 54.6 Å². The predicted molar refractivity (Wildman–Crippen MR) is 103 cm³/mol. The van der Waals surface area contributed by atoms with Crippen LogP contribution in [0.4, 0.5) is 5.69 Å². The average Bonchev–Trinajstić information content (AvgIpc) is 2.66. The Kier molecular flexibility index (Phi) is 7.11. The molecule has 1 unspecified atom stereocenters. The number of benzene rings is 2. The highest BCUT2D eigenvalue weighted by molar-refractivity contribution is 6.02. The number of hydrogen-bond acceptors (Lipinski definition) is 4. The van der Waals surface area contributed by atoms with Crippen molar-refractivity contribution in [3.05, 3.63) is 65.7 Å². The van der Waals surface area contributed by atoms with Gasteiger partial charge in [-0.15, -0.1) is 0 Å². The van der Waals surface area contributed by atoms with E-state index in [0.717, 1.165) is 5.56 Å². The van der Waals surface area contributed by atoms with Crippen molar-refractivity contribution in [3.63, 3.8) is 0 Å². The molecule has 0 fully saturated rings. The normalized spacial score (nSPS) is 11.4. The van der Waals surface area contributed by atoms with Crippen molar-refractivity contribution in [3.8, 4) is 0 Å². The van der Waals surface area contributed by atoms with Crippen LogP contribution in [0.2, 0.25) is 0 Å². The van der Waals surface area contributed by atoms with Crippen LogP contribution in [0.5, 0.6) is 0 Å². The first-order chi connectivity index (χ1) is 12.9. The second-order valence-corrected chi connectivity index (χ2v) is 6.05. The minimum absolute atomic E-state index is 0.122. The van der Waals surface area contributed by atoms with E-state index < -0.39 is 5.97 Å². The van der Waals surface area contributed by atoms with E-state index in [4.69, 9.17) is 4.74 Å². The zero-order chi connectivity index (χ0) is 19.8. The van der Waals surface area contributed by atoms with Gasteiger partial charge in [0.05, 0.1) is 23.9 Å². The fraction of sp³-hybridized carbons (Fsp3) is 0.286. The second-order valence-electron chi connectivity index (χ2n) is 6.05. The molecule has 2 aromatic carbocycles. The molecule has 0 spiro atoms. The lowest BCUT2D eigenvalue weighted by atomic mass is 10.1. The predicted octanol–water partition coefficient (Wildman–Crippen LogP) is 3.41. The van der Waals surface area contributed by atoms with Gasteiger partial charge >= 0.3 is 5.97 Å². The smallest absolute Gasteiger partial charge is 0.340 e. The molecule has 0 aromatic heterocycles. The summed E-state index contributed by atoms with van der Waals surface area (Å²) >= 11 is 0. The number of hydrogen-bond donors (Lipinski definition) is 1. The Morgan fingerprint density at radius 1 is 1.04 bits per heavy atom. The molecule has 27 heavy (non-hydrogen) atoms. The van der Waals surface area contributed by atoms with Crippen LogP contribution in [-0.4, -0.2) is 35.8 Å². The Balaban J connectivity index is 2.14. The number of para-hydroxylation sites is 1. The average molecular weight is 368 g/mol. The van der Waals surface area contributed by atoms with Gasteiger partial charge in [-0.1, -0.05) is 42.5 Å². The van der Waals surface area contributed by atoms with E-state index in [9.17, 15) is 14.4 Å². The highest BCUT2D eigenvalue weighted by Gasteiger charge is 2.22. The van der Waals surface area contributed by atoms with Gasteiger partial charge in [-0.2, -0.15) is 0 Å². The number of nitrogens with one attached hydrogen (secondary N) is 1. The molecule has 0 radical (unpaired) electrons. The molecule has 0 bridgehead atoms. The molecule has 0 saturated heterocycles. The number of ether oxygens (including phenoxy) is 1. The third-order valence-corrected chi connectivity index (χ3v) is 4.16. The Morgan fingerprint density at radius 3 is 2.30 bits per heavy atom. The van der Waals surface area contributed by atoms with Crippen molar-refractivity contribution >= 4 is 23.5 Å². The maximum absolute atomic E-state index is 12.5. The van der Waals surface area contributed by atoms with Gasteiger partial charge in [0.2, 0.25) is 11.8 Å². The number of amides is 2. The Labute approximate surface area is 159 Å². The molecular weight excluding hydrogens is 344 g/mol. The molecular formula is C21H24N2O4. The van der Waals surface area contributed by atoms with Gasteiger partial charge in [0, 0.05) is 6.92 Å². The minimum atomic E-state index is -0.505. The fourth-order valence-corrected chi connectivity index (χ4v) is 2.76. The van der Waals surface area contributed by atoms with Crippen molar-refractivity contribution in [2.75, 3.05) is 18.5 Å². The number of carbonyl (C=O) groups excluding carboxylic acids is 3. The standard InChI is InChI=1S/C21H24N2O4/c1-4-27-21(26)18-12-8-9-13-19(18)22-20(25)14-23(16(3)24)15(2)17-10-6-5-7-11-17/h5-13,15H,4,14H2,1-3H3,(H,22,25). The maximum atomic E-state index is 12.5. The minimum Gasteiger partial charge on any atom is -0.462 e. The quantitative estimate of drug-likeness (QED) is 0.760. The maximum Gasteiger partial charge on any atom is 0.340 e. The van der Waals surface area contributed by atoms with Crippen LogP contribution < -0.4 is 5.32 Å². The van der Waals surface area contributed by atoms with E-state index in [1.807, 2.05) is 37.3 Å². The number of nitrogens with zero attached hydrogens (tertiary/aromatic N) is 1. The lowest BCUT2D eigenvalue weighted by molar-refractivity contribution is -0.134. The molecule has 0 saturated carbocycles. The van der Waals surface area contributed by atoms with E-state index in [2.05, 4.69) is 5.32 Å². The second kappa shape index (κ2) is 9.52. The summed E-state index contributed by atoms with van der Waals surface area (Å²) in [6, 6.07) is 15.9. The van der Waals surface area contributed by atoms with Crippen molar-refractivity contribution in [2.24, 2.45) is 0 Å². The molecule has 0 aliphatic heterocycles. The third kappa shape index (κ3) is 5.41. The molecule has 6 nitrogen and oxygen atoms in total. The highest BCUT2D eigenvalue weighted by atomic mass is 16.5. The van der Waals surface area contributed by atoms with Gasteiger partial charge in [0.25, 0.3) is 0 Å². The largest absolute Gasteiger partial charge is 0.462 e. The van der Waals surface area contributed by atoms with Crippen LogP contribution in [0.25, 0.3) is 0 Å². The monoisotopic (exact) mass is 368 g/mol. The van der Waals surface area contributed by atoms with Gasteiger partial charge < -0.3 is 15.0 Å². The van der Waals surface area contributed by atoms with Crippen LogP contribution in [0.3, 0.4) is 0 Å². The van der Waals surface area contributed by atoms with Crippen LogP contribution in [0, 0.1) is 0 Å². The third-order valence-electron chi connectivity index (χ3n) is 4.16. The van der Waals surface area contributed by atoms with E-state index in [-0.39, 0.29) is 36.6 Å². The lowest BCUT2D eigenvalue weighted by Crippen LogP contribution is -2.38. The lowest BCUT2D eigenvalue weighted by Gasteiger charge is -2.28. The molecule has 0 aliphatic rings. The first-order valence-corrected chi connectivity index (χ1v) is 8.82. The Morgan fingerprint density at radius 2 is 1.67 bits per heavy atom. The van der Waals surface area contributed by atoms with E-state index >= 15 is 0 Å². The van der Waals surface area contributed by atoms with Crippen LogP contribution in [0.1, 0.15) is 42.7 Å². The molecule has 142 valence electrons.